The molecule has 0 spiro atoms. The van der Waals surface area contributed by atoms with Crippen LogP contribution in [0.2, 0.25) is 0 Å². The highest BCUT2D eigenvalue weighted by molar-refractivity contribution is 8.00. The molecular formula is C11H17N5OS. The standard InChI is InChI=1S/C11H17N5OS/c1-15-4-6-16(7-5-15)9(17)8-18-11-10(12)13-2-3-14-11/h2-3H,4-8H2,1H3,(H2,12,13). The molecular weight excluding hydrogens is 250 g/mol. The Morgan fingerprint density at radius 2 is 2.00 bits per heavy atom. The highest BCUT2D eigenvalue weighted by atomic mass is 32.2. The van der Waals surface area contributed by atoms with Crippen LogP contribution in [0, 0.1) is 0 Å². The zero-order chi connectivity index (χ0) is 13.0. The molecule has 0 bridgehead atoms. The van der Waals surface area contributed by atoms with Gasteiger partial charge in [-0.15, -0.1) is 0 Å². The third kappa shape index (κ3) is 3.33. The molecule has 7 heteroatoms. The number of nitrogen functional groups attached to an aromatic ring is 1. The van der Waals surface area contributed by atoms with Gasteiger partial charge in [-0.25, -0.2) is 9.97 Å². The molecule has 2 rings (SSSR count). The lowest BCUT2D eigenvalue weighted by Gasteiger charge is -2.32. The first kappa shape index (κ1) is 13.1. The molecule has 0 atom stereocenters. The van der Waals surface area contributed by atoms with Crippen molar-refractivity contribution in [3.8, 4) is 0 Å². The summed E-state index contributed by atoms with van der Waals surface area (Å²) in [6.07, 6.45) is 3.13. The highest BCUT2D eigenvalue weighted by Gasteiger charge is 2.19. The Morgan fingerprint density at radius 3 is 2.67 bits per heavy atom. The van der Waals surface area contributed by atoms with Gasteiger partial charge >= 0.3 is 0 Å². The fraction of sp³-hybridized carbons (Fsp3) is 0.545. The molecule has 0 radical (unpaired) electrons. The highest BCUT2D eigenvalue weighted by Crippen LogP contribution is 2.20. The van der Waals surface area contributed by atoms with Gasteiger partial charge in [0.15, 0.2) is 5.82 Å². The topological polar surface area (TPSA) is 75.3 Å². The normalized spacial score (nSPS) is 16.8. The van der Waals surface area contributed by atoms with Gasteiger partial charge in [0.05, 0.1) is 5.75 Å². The summed E-state index contributed by atoms with van der Waals surface area (Å²) in [6.45, 7) is 3.46. The quantitative estimate of drug-likeness (QED) is 0.772. The monoisotopic (exact) mass is 267 g/mol. The van der Waals surface area contributed by atoms with Crippen molar-refractivity contribution in [2.45, 2.75) is 5.03 Å². The average molecular weight is 267 g/mol. The number of anilines is 1. The largest absolute Gasteiger partial charge is 0.381 e. The first-order valence-electron chi connectivity index (χ1n) is 5.82. The van der Waals surface area contributed by atoms with Gasteiger partial charge < -0.3 is 15.5 Å². The summed E-state index contributed by atoms with van der Waals surface area (Å²) in [6, 6.07) is 0. The van der Waals surface area contributed by atoms with Gasteiger partial charge in [-0.3, -0.25) is 4.79 Å². The van der Waals surface area contributed by atoms with E-state index >= 15 is 0 Å². The van der Waals surface area contributed by atoms with Crippen LogP contribution in [0.15, 0.2) is 17.4 Å². The van der Waals surface area contributed by atoms with Crippen LogP contribution in [0.3, 0.4) is 0 Å². The van der Waals surface area contributed by atoms with E-state index < -0.39 is 0 Å². The number of amides is 1. The maximum absolute atomic E-state index is 12.0. The van der Waals surface area contributed by atoms with Crippen molar-refractivity contribution < 1.29 is 4.79 Å². The van der Waals surface area contributed by atoms with E-state index in [0.717, 1.165) is 26.2 Å². The Morgan fingerprint density at radius 1 is 1.33 bits per heavy atom. The predicted molar refractivity (Wildman–Crippen MR) is 71.2 cm³/mol. The van der Waals surface area contributed by atoms with Gasteiger partial charge in [-0.1, -0.05) is 11.8 Å². The van der Waals surface area contributed by atoms with Crippen molar-refractivity contribution in [2.75, 3.05) is 44.7 Å². The average Bonchev–Trinajstić information content (AvgIpc) is 2.38. The number of carbonyl (C=O) groups excluding carboxylic acids is 1. The number of thioether (sulfide) groups is 1. The molecule has 0 saturated carbocycles. The smallest absolute Gasteiger partial charge is 0.233 e. The Hall–Kier alpha value is -1.34. The number of hydrogen-bond acceptors (Lipinski definition) is 6. The minimum Gasteiger partial charge on any atom is -0.381 e. The van der Waals surface area contributed by atoms with Gasteiger partial charge in [0, 0.05) is 38.6 Å². The van der Waals surface area contributed by atoms with Crippen LogP contribution in [0.1, 0.15) is 0 Å². The molecule has 6 nitrogen and oxygen atoms in total. The first-order valence-corrected chi connectivity index (χ1v) is 6.81. The van der Waals surface area contributed by atoms with Crippen molar-refractivity contribution in [2.24, 2.45) is 0 Å². The molecule has 1 amide bonds. The van der Waals surface area contributed by atoms with Crippen LogP contribution in [0.5, 0.6) is 0 Å². The number of hydrogen-bond donors (Lipinski definition) is 1. The number of nitrogens with zero attached hydrogens (tertiary/aromatic N) is 4. The van der Waals surface area contributed by atoms with Gasteiger partial charge in [0.25, 0.3) is 0 Å². The summed E-state index contributed by atoms with van der Waals surface area (Å²) in [7, 11) is 2.07. The van der Waals surface area contributed by atoms with Crippen molar-refractivity contribution >= 4 is 23.5 Å². The van der Waals surface area contributed by atoms with E-state index in [1.54, 1.807) is 12.4 Å². The van der Waals surface area contributed by atoms with E-state index in [0.29, 0.717) is 16.6 Å². The zero-order valence-electron chi connectivity index (χ0n) is 10.4. The number of piperazine rings is 1. The summed E-state index contributed by atoms with van der Waals surface area (Å²) in [5.74, 6) is 0.888. The summed E-state index contributed by atoms with van der Waals surface area (Å²) in [5, 5.41) is 0.625. The molecule has 2 heterocycles. The number of nitrogens with two attached hydrogens (primary N) is 1. The van der Waals surface area contributed by atoms with Crippen LogP contribution < -0.4 is 5.73 Å². The van der Waals surface area contributed by atoms with Crippen LogP contribution in [0.4, 0.5) is 5.82 Å². The molecule has 98 valence electrons. The van der Waals surface area contributed by atoms with Crippen LogP contribution >= 0.6 is 11.8 Å². The van der Waals surface area contributed by atoms with Crippen LogP contribution in [-0.4, -0.2) is 64.7 Å². The Bertz CT molecular complexity index is 420. The predicted octanol–water partition coefficient (Wildman–Crippen LogP) is -0.0751. The summed E-state index contributed by atoms with van der Waals surface area (Å²) >= 11 is 1.35. The summed E-state index contributed by atoms with van der Waals surface area (Å²) in [5.41, 5.74) is 5.68. The molecule has 0 aliphatic carbocycles. The van der Waals surface area contributed by atoms with Gasteiger partial charge in [-0.2, -0.15) is 0 Å². The van der Waals surface area contributed by atoms with Crippen molar-refractivity contribution in [1.29, 1.82) is 0 Å². The van der Waals surface area contributed by atoms with E-state index in [-0.39, 0.29) is 5.91 Å². The second kappa shape index (κ2) is 6.01. The third-order valence-corrected chi connectivity index (χ3v) is 3.86. The second-order valence-corrected chi connectivity index (χ2v) is 5.18. The zero-order valence-corrected chi connectivity index (χ0v) is 11.2. The number of aromatic nitrogens is 2. The van der Waals surface area contributed by atoms with E-state index in [9.17, 15) is 4.79 Å². The Labute approximate surface area is 111 Å². The molecule has 2 N–H and O–H groups in total. The minimum atomic E-state index is 0.137. The van der Waals surface area contributed by atoms with Gasteiger partial charge in [0.1, 0.15) is 5.03 Å². The van der Waals surface area contributed by atoms with E-state index in [1.807, 2.05) is 4.90 Å². The molecule has 0 unspecified atom stereocenters. The lowest BCUT2D eigenvalue weighted by atomic mass is 10.3. The fourth-order valence-corrected chi connectivity index (χ4v) is 2.50. The van der Waals surface area contributed by atoms with E-state index in [4.69, 9.17) is 5.73 Å². The molecule has 1 aliphatic rings. The molecule has 1 aromatic rings. The summed E-state index contributed by atoms with van der Waals surface area (Å²) in [4.78, 5) is 24.1. The van der Waals surface area contributed by atoms with E-state index in [2.05, 4.69) is 21.9 Å². The third-order valence-electron chi connectivity index (χ3n) is 2.88. The molecule has 0 aromatic carbocycles. The Kier molecular flexibility index (Phi) is 4.38. The molecule has 1 saturated heterocycles. The second-order valence-electron chi connectivity index (χ2n) is 4.22. The molecule has 18 heavy (non-hydrogen) atoms. The van der Waals surface area contributed by atoms with E-state index in [1.165, 1.54) is 11.8 Å². The maximum atomic E-state index is 12.0. The van der Waals surface area contributed by atoms with Crippen LogP contribution in [0.25, 0.3) is 0 Å². The fourth-order valence-electron chi connectivity index (χ4n) is 1.72. The molecule has 1 aromatic heterocycles. The number of likely N-dealkylation sites (N-methyl/N-ethyl adjacent to an activating group) is 1. The van der Waals surface area contributed by atoms with Crippen LogP contribution in [-0.2, 0) is 4.79 Å². The minimum absolute atomic E-state index is 0.137. The molecule has 1 fully saturated rings. The maximum Gasteiger partial charge on any atom is 0.233 e. The lowest BCUT2D eigenvalue weighted by molar-refractivity contribution is -0.129. The SMILES string of the molecule is CN1CCN(C(=O)CSc2nccnc2N)CC1. The summed E-state index contributed by atoms with van der Waals surface area (Å²) < 4.78 is 0. The van der Waals surface area contributed by atoms with Gasteiger partial charge in [-0.05, 0) is 7.05 Å². The number of carbonyl (C=O) groups is 1. The number of rotatable bonds is 3. The Balaban J connectivity index is 1.83. The first-order chi connectivity index (χ1) is 8.66. The lowest BCUT2D eigenvalue weighted by Crippen LogP contribution is -2.47. The molecule has 1 aliphatic heterocycles. The van der Waals surface area contributed by atoms with Crippen molar-refractivity contribution in [1.82, 2.24) is 19.8 Å². The van der Waals surface area contributed by atoms with Crippen molar-refractivity contribution in [3.05, 3.63) is 12.4 Å². The van der Waals surface area contributed by atoms with Crippen molar-refractivity contribution in [3.63, 3.8) is 0 Å². The van der Waals surface area contributed by atoms with Gasteiger partial charge in [0.2, 0.25) is 5.91 Å².